The molecule has 0 aromatic heterocycles. The van der Waals surface area contributed by atoms with Crippen molar-refractivity contribution < 1.29 is 19.1 Å². The van der Waals surface area contributed by atoms with Gasteiger partial charge in [-0.1, -0.05) is 57.2 Å². The lowest BCUT2D eigenvalue weighted by atomic mass is 10.2. The number of carbonyl (C=O) groups excluding carboxylic acids is 2. The lowest BCUT2D eigenvalue weighted by Crippen LogP contribution is -2.20. The molecule has 0 aliphatic carbocycles. The molecule has 10 heteroatoms. The lowest BCUT2D eigenvalue weighted by molar-refractivity contribution is -0.122. The first-order valence-corrected chi connectivity index (χ1v) is 12.2. The third-order valence-electron chi connectivity index (χ3n) is 4.25. The van der Waals surface area contributed by atoms with Crippen molar-refractivity contribution in [3.8, 4) is 11.5 Å². The van der Waals surface area contributed by atoms with Crippen LogP contribution in [0.2, 0.25) is 0 Å². The molecule has 0 radical (unpaired) electrons. The number of halogens is 2. The summed E-state index contributed by atoms with van der Waals surface area (Å²) in [6.45, 7) is 7.96. The van der Waals surface area contributed by atoms with Crippen LogP contribution in [0.1, 0.15) is 30.4 Å². The minimum absolute atomic E-state index is 0.137. The van der Waals surface area contributed by atoms with Crippen LogP contribution in [-0.2, 0) is 9.59 Å². The molecule has 2 amide bonds. The van der Waals surface area contributed by atoms with E-state index in [2.05, 4.69) is 66.1 Å². The Labute approximate surface area is 221 Å². The molecule has 8 nitrogen and oxygen atoms in total. The number of nitrogens with zero attached hydrogens (tertiary/aromatic N) is 2. The normalized spacial score (nSPS) is 10.8. The summed E-state index contributed by atoms with van der Waals surface area (Å²) in [5, 5.41) is 7.94. The highest BCUT2D eigenvalue weighted by Gasteiger charge is 2.06. The van der Waals surface area contributed by atoms with E-state index in [0.29, 0.717) is 42.3 Å². The van der Waals surface area contributed by atoms with Gasteiger partial charge in [0.05, 0.1) is 12.4 Å². The standard InChI is InChI=1S/C25H26Br2N4O4/c1-3-12-34-22-10-8-20(26)14-18(22)16-28-30-24(32)6-5-7-25(33)31-29-17-19-15-21(27)9-11-23(19)35-13-4-2/h3-4,8-11,14-17H,1-2,5-7,12-13H2,(H,30,32)(H,31,33). The van der Waals surface area contributed by atoms with Crippen molar-refractivity contribution in [1.29, 1.82) is 0 Å². The first kappa shape index (κ1) is 28.0. The summed E-state index contributed by atoms with van der Waals surface area (Å²) in [5.74, 6) is 0.620. The van der Waals surface area contributed by atoms with Gasteiger partial charge in [0, 0.05) is 32.9 Å². The van der Waals surface area contributed by atoms with Crippen LogP contribution in [0.5, 0.6) is 11.5 Å². The Morgan fingerprint density at radius 2 is 1.23 bits per heavy atom. The second-order valence-corrected chi connectivity index (χ2v) is 8.83. The van der Waals surface area contributed by atoms with Gasteiger partial charge in [-0.15, -0.1) is 0 Å². The Morgan fingerprint density at radius 1 is 0.800 bits per heavy atom. The molecule has 0 bridgehead atoms. The fraction of sp³-hybridized carbons (Fsp3) is 0.200. The van der Waals surface area contributed by atoms with Gasteiger partial charge in [-0.25, -0.2) is 10.9 Å². The Hall–Kier alpha value is -3.24. The van der Waals surface area contributed by atoms with Gasteiger partial charge in [0.2, 0.25) is 11.8 Å². The number of hydrogen-bond donors (Lipinski definition) is 2. The van der Waals surface area contributed by atoms with Crippen molar-refractivity contribution in [2.45, 2.75) is 19.3 Å². The Bertz CT molecular complexity index is 1020. The van der Waals surface area contributed by atoms with Crippen molar-refractivity contribution in [3.05, 3.63) is 81.8 Å². The number of hydrazone groups is 2. The molecule has 0 spiro atoms. The van der Waals surface area contributed by atoms with Crippen LogP contribution in [-0.4, -0.2) is 37.5 Å². The van der Waals surface area contributed by atoms with E-state index in [0.717, 1.165) is 8.95 Å². The van der Waals surface area contributed by atoms with Crippen molar-refractivity contribution >= 4 is 56.1 Å². The predicted molar refractivity (Wildman–Crippen MR) is 145 cm³/mol. The van der Waals surface area contributed by atoms with Crippen molar-refractivity contribution in [2.24, 2.45) is 10.2 Å². The molecule has 35 heavy (non-hydrogen) atoms. The first-order chi connectivity index (χ1) is 16.9. The molecule has 2 N–H and O–H groups in total. The zero-order chi connectivity index (χ0) is 25.5. The van der Waals surface area contributed by atoms with Gasteiger partial charge in [0.15, 0.2) is 0 Å². The quantitative estimate of drug-likeness (QED) is 0.177. The van der Waals surface area contributed by atoms with Crippen LogP contribution in [0.25, 0.3) is 0 Å². The second-order valence-electron chi connectivity index (χ2n) is 7.00. The summed E-state index contributed by atoms with van der Waals surface area (Å²) in [4.78, 5) is 24.1. The molecular weight excluding hydrogens is 580 g/mol. The molecule has 0 aliphatic rings. The lowest BCUT2D eigenvalue weighted by Gasteiger charge is -2.07. The summed E-state index contributed by atoms with van der Waals surface area (Å²) in [6, 6.07) is 10.9. The Morgan fingerprint density at radius 3 is 1.63 bits per heavy atom. The summed E-state index contributed by atoms with van der Waals surface area (Å²) >= 11 is 6.79. The Balaban J connectivity index is 1.76. The second kappa shape index (κ2) is 15.6. The van der Waals surface area contributed by atoms with E-state index in [4.69, 9.17) is 9.47 Å². The SMILES string of the molecule is C=CCOc1ccc(Br)cc1C=NNC(=O)CCCC(=O)NN=Cc1cc(Br)ccc1OCC=C. The minimum atomic E-state index is -0.306. The molecule has 0 aliphatic heterocycles. The number of nitrogens with one attached hydrogen (secondary N) is 2. The van der Waals surface area contributed by atoms with Gasteiger partial charge < -0.3 is 9.47 Å². The smallest absolute Gasteiger partial charge is 0.240 e. The summed E-state index contributed by atoms with van der Waals surface area (Å²) in [6.07, 6.45) is 6.90. The van der Waals surface area contributed by atoms with Gasteiger partial charge >= 0.3 is 0 Å². The summed E-state index contributed by atoms with van der Waals surface area (Å²) < 4.78 is 12.8. The number of carbonyl (C=O) groups is 2. The van der Waals surface area contributed by atoms with E-state index in [1.54, 1.807) is 24.3 Å². The van der Waals surface area contributed by atoms with E-state index in [-0.39, 0.29) is 24.7 Å². The summed E-state index contributed by atoms with van der Waals surface area (Å²) in [7, 11) is 0. The van der Waals surface area contributed by atoms with Crippen LogP contribution in [0.15, 0.2) is 80.9 Å². The highest BCUT2D eigenvalue weighted by atomic mass is 79.9. The molecule has 2 rings (SSSR count). The maximum absolute atomic E-state index is 12.0. The number of benzene rings is 2. The van der Waals surface area contributed by atoms with Crippen LogP contribution in [0.3, 0.4) is 0 Å². The van der Waals surface area contributed by atoms with Crippen LogP contribution in [0.4, 0.5) is 0 Å². The number of hydrogen-bond acceptors (Lipinski definition) is 6. The van der Waals surface area contributed by atoms with Gasteiger partial charge in [0.25, 0.3) is 0 Å². The van der Waals surface area contributed by atoms with Crippen LogP contribution in [0, 0.1) is 0 Å². The molecule has 0 saturated carbocycles. The molecule has 0 heterocycles. The highest BCUT2D eigenvalue weighted by molar-refractivity contribution is 9.10. The molecule has 0 saturated heterocycles. The van der Waals surface area contributed by atoms with Crippen molar-refractivity contribution in [2.75, 3.05) is 13.2 Å². The zero-order valence-electron chi connectivity index (χ0n) is 19.0. The van der Waals surface area contributed by atoms with E-state index in [9.17, 15) is 9.59 Å². The summed E-state index contributed by atoms with van der Waals surface area (Å²) in [5.41, 5.74) is 6.30. The molecule has 0 fully saturated rings. The number of ether oxygens (including phenoxy) is 2. The fourth-order valence-electron chi connectivity index (χ4n) is 2.67. The molecule has 2 aromatic carbocycles. The van der Waals surface area contributed by atoms with E-state index >= 15 is 0 Å². The third-order valence-corrected chi connectivity index (χ3v) is 5.24. The monoisotopic (exact) mass is 604 g/mol. The third kappa shape index (κ3) is 10.7. The van der Waals surface area contributed by atoms with Crippen molar-refractivity contribution in [1.82, 2.24) is 10.9 Å². The average molecular weight is 606 g/mol. The number of rotatable bonds is 14. The maximum Gasteiger partial charge on any atom is 0.240 e. The number of amides is 2. The van der Waals surface area contributed by atoms with Gasteiger partial charge in [-0.05, 0) is 42.8 Å². The maximum atomic E-state index is 12.0. The van der Waals surface area contributed by atoms with E-state index in [1.807, 2.05) is 24.3 Å². The molecule has 0 unspecified atom stereocenters. The van der Waals surface area contributed by atoms with Gasteiger partial charge in [-0.2, -0.15) is 10.2 Å². The van der Waals surface area contributed by atoms with Gasteiger partial charge in [0.1, 0.15) is 24.7 Å². The minimum Gasteiger partial charge on any atom is -0.489 e. The largest absolute Gasteiger partial charge is 0.489 e. The first-order valence-electron chi connectivity index (χ1n) is 10.6. The van der Waals surface area contributed by atoms with Crippen molar-refractivity contribution in [3.63, 3.8) is 0 Å². The zero-order valence-corrected chi connectivity index (χ0v) is 22.2. The predicted octanol–water partition coefficient (Wildman–Crippen LogP) is 5.11. The topological polar surface area (TPSA) is 101 Å². The van der Waals surface area contributed by atoms with Crippen LogP contribution < -0.4 is 20.3 Å². The van der Waals surface area contributed by atoms with Crippen LogP contribution >= 0.6 is 31.9 Å². The average Bonchev–Trinajstić information content (AvgIpc) is 2.83. The van der Waals surface area contributed by atoms with E-state index < -0.39 is 0 Å². The fourth-order valence-corrected chi connectivity index (χ4v) is 3.43. The Kier molecular flexibility index (Phi) is 12.5. The van der Waals surface area contributed by atoms with Gasteiger partial charge in [-0.3, -0.25) is 9.59 Å². The molecular formula is C25H26Br2N4O4. The molecule has 184 valence electrons. The molecule has 0 atom stereocenters. The van der Waals surface area contributed by atoms with E-state index in [1.165, 1.54) is 12.4 Å². The highest BCUT2D eigenvalue weighted by Crippen LogP contribution is 2.22. The molecule has 2 aromatic rings.